The predicted molar refractivity (Wildman–Crippen MR) is 316 cm³/mol. The van der Waals surface area contributed by atoms with Gasteiger partial charge in [0.25, 0.3) is 0 Å². The predicted octanol–water partition coefficient (Wildman–Crippen LogP) is 20.4. The third-order valence-electron chi connectivity index (χ3n) is 12.5. The van der Waals surface area contributed by atoms with Gasteiger partial charge in [0.1, 0.15) is 13.2 Å². The second-order valence-corrected chi connectivity index (χ2v) is 19.5. The van der Waals surface area contributed by atoms with Crippen molar-refractivity contribution in [2.24, 2.45) is 0 Å². The van der Waals surface area contributed by atoms with Gasteiger partial charge in [-0.2, -0.15) is 0 Å². The topological polar surface area (TPSA) is 78.9 Å². The summed E-state index contributed by atoms with van der Waals surface area (Å²) < 4.78 is 16.8. The van der Waals surface area contributed by atoms with Crippen molar-refractivity contribution < 1.29 is 28.6 Å². The van der Waals surface area contributed by atoms with E-state index in [0.29, 0.717) is 25.7 Å². The Morgan fingerprint density at radius 2 is 0.534 bits per heavy atom. The summed E-state index contributed by atoms with van der Waals surface area (Å²) >= 11 is 0. The van der Waals surface area contributed by atoms with Crippen molar-refractivity contribution in [1.29, 1.82) is 0 Å². The fourth-order valence-corrected chi connectivity index (χ4v) is 7.96. The fourth-order valence-electron chi connectivity index (χ4n) is 7.96. The number of carbonyl (C=O) groups excluding carboxylic acids is 3. The van der Waals surface area contributed by atoms with Crippen LogP contribution in [0.25, 0.3) is 0 Å². The molecule has 1 unspecified atom stereocenters. The molecule has 0 N–H and O–H groups in total. The molecule has 0 spiro atoms. The summed E-state index contributed by atoms with van der Waals surface area (Å²) in [5.74, 6) is -0.957. The average Bonchev–Trinajstić information content (AvgIpc) is 3.39. The zero-order valence-electron chi connectivity index (χ0n) is 47.4. The molecule has 0 aliphatic heterocycles. The molecule has 1 atom stereocenters. The molecule has 0 aromatic carbocycles. The summed E-state index contributed by atoms with van der Waals surface area (Å²) in [5, 5.41) is 0. The first-order valence-corrected chi connectivity index (χ1v) is 30.0. The largest absolute Gasteiger partial charge is 0.462 e. The van der Waals surface area contributed by atoms with Crippen LogP contribution in [0, 0.1) is 0 Å². The van der Waals surface area contributed by atoms with E-state index in [1.807, 2.05) is 0 Å². The van der Waals surface area contributed by atoms with Crippen molar-refractivity contribution >= 4 is 17.9 Å². The molecule has 0 heterocycles. The second-order valence-electron chi connectivity index (χ2n) is 19.5. The highest BCUT2D eigenvalue weighted by molar-refractivity contribution is 5.71. The lowest BCUT2D eigenvalue weighted by Crippen LogP contribution is -2.30. The summed E-state index contributed by atoms with van der Waals surface area (Å²) in [6.07, 6.45) is 83.4. The molecular weight excluding hydrogens is 901 g/mol. The van der Waals surface area contributed by atoms with Crippen molar-refractivity contribution in [3.05, 3.63) is 122 Å². The van der Waals surface area contributed by atoms with Crippen LogP contribution in [-0.4, -0.2) is 37.2 Å². The van der Waals surface area contributed by atoms with Gasteiger partial charge < -0.3 is 14.2 Å². The number of carbonyl (C=O) groups is 3. The van der Waals surface area contributed by atoms with Crippen LogP contribution in [0.15, 0.2) is 122 Å². The van der Waals surface area contributed by atoms with Crippen molar-refractivity contribution in [2.45, 2.75) is 271 Å². The van der Waals surface area contributed by atoms with Crippen LogP contribution >= 0.6 is 0 Å². The smallest absolute Gasteiger partial charge is 0.306 e. The summed E-state index contributed by atoms with van der Waals surface area (Å²) in [4.78, 5) is 38.2. The van der Waals surface area contributed by atoms with Gasteiger partial charge in [-0.05, 0) is 116 Å². The minimum atomic E-state index is -0.805. The van der Waals surface area contributed by atoms with Gasteiger partial charge in [0, 0.05) is 19.3 Å². The van der Waals surface area contributed by atoms with Crippen LogP contribution in [0.4, 0.5) is 0 Å². The summed E-state index contributed by atoms with van der Waals surface area (Å²) in [6.45, 7) is 6.46. The third-order valence-corrected chi connectivity index (χ3v) is 12.5. The second kappa shape index (κ2) is 60.4. The van der Waals surface area contributed by atoms with Crippen molar-refractivity contribution in [3.8, 4) is 0 Å². The number of hydrogen-bond acceptors (Lipinski definition) is 6. The van der Waals surface area contributed by atoms with Gasteiger partial charge in [-0.25, -0.2) is 0 Å². The molecule has 0 aliphatic carbocycles. The van der Waals surface area contributed by atoms with Crippen LogP contribution in [0.1, 0.15) is 265 Å². The Kier molecular flexibility index (Phi) is 56.9. The van der Waals surface area contributed by atoms with Crippen LogP contribution in [0.5, 0.6) is 0 Å². The molecule has 414 valence electrons. The van der Waals surface area contributed by atoms with Crippen molar-refractivity contribution in [2.75, 3.05) is 13.2 Å². The molecule has 0 amide bonds. The van der Waals surface area contributed by atoms with Gasteiger partial charge in [-0.15, -0.1) is 0 Å². The van der Waals surface area contributed by atoms with E-state index in [0.717, 1.165) is 128 Å². The summed E-state index contributed by atoms with van der Waals surface area (Å²) in [6, 6.07) is 0. The highest BCUT2D eigenvalue weighted by Gasteiger charge is 2.19. The molecule has 6 nitrogen and oxygen atoms in total. The van der Waals surface area contributed by atoms with Crippen LogP contribution in [-0.2, 0) is 28.6 Å². The lowest BCUT2D eigenvalue weighted by atomic mass is 10.0. The standard InChI is InChI=1S/C67H110O6/c1-4-7-10-13-16-19-22-25-27-29-30-31-32-33-34-35-36-37-38-39-41-42-45-48-51-54-57-60-66(69)72-63-64(62-71-65(68)59-56-53-50-47-44-24-21-18-15-12-9-6-3)73-67(70)61-58-55-52-49-46-43-40-28-26-23-20-17-14-11-8-5-2/h7,10,16,19-20,23,25,27-28,30-31,33-34,36-37,39-41,45,48,64H,4-6,8-9,11-15,17-18,21-22,24,26,29,32,35,38,42-44,46-47,49-63H2,1-3H3/b10-7-,19-16-,23-20-,27-25-,31-30-,34-33-,37-36-,40-28-,41-39-,48-45-. The van der Waals surface area contributed by atoms with E-state index in [9.17, 15) is 14.4 Å². The zero-order valence-corrected chi connectivity index (χ0v) is 47.4. The molecule has 0 saturated heterocycles. The highest BCUT2D eigenvalue weighted by atomic mass is 16.6. The highest BCUT2D eigenvalue weighted by Crippen LogP contribution is 2.14. The number of unbranched alkanes of at least 4 members (excludes halogenated alkanes) is 22. The number of rotatable bonds is 53. The normalized spacial score (nSPS) is 13.0. The van der Waals surface area contributed by atoms with Gasteiger partial charge in [0.2, 0.25) is 0 Å². The monoisotopic (exact) mass is 1010 g/mol. The van der Waals surface area contributed by atoms with Crippen LogP contribution in [0.3, 0.4) is 0 Å². The molecule has 73 heavy (non-hydrogen) atoms. The maximum Gasteiger partial charge on any atom is 0.306 e. The lowest BCUT2D eigenvalue weighted by Gasteiger charge is -2.18. The van der Waals surface area contributed by atoms with E-state index in [2.05, 4.69) is 142 Å². The number of allylic oxidation sites excluding steroid dienone is 20. The van der Waals surface area contributed by atoms with E-state index in [1.54, 1.807) is 0 Å². The first-order chi connectivity index (χ1) is 36.0. The molecule has 6 heteroatoms. The van der Waals surface area contributed by atoms with Crippen LogP contribution < -0.4 is 0 Å². The molecule has 0 aromatic heterocycles. The summed E-state index contributed by atoms with van der Waals surface area (Å²) in [7, 11) is 0. The first kappa shape index (κ1) is 68.8. The minimum Gasteiger partial charge on any atom is -0.462 e. The van der Waals surface area contributed by atoms with E-state index in [1.165, 1.54) is 89.9 Å². The Labute approximate surface area is 450 Å². The maximum atomic E-state index is 12.9. The molecule has 0 aromatic rings. The number of hydrogen-bond donors (Lipinski definition) is 0. The van der Waals surface area contributed by atoms with Gasteiger partial charge in [-0.3, -0.25) is 14.4 Å². The Bertz CT molecular complexity index is 1540. The van der Waals surface area contributed by atoms with E-state index < -0.39 is 6.10 Å². The SMILES string of the molecule is CC/C=C\C/C=C\C/C=C\C/C=C\C/C=C\C/C=C\C/C=C\C/C=C\CCCCC(=O)OCC(COC(=O)CCCCCCCCCCCCCC)OC(=O)CCCCCCC/C=C\C/C=C\CCCCCC. The van der Waals surface area contributed by atoms with Gasteiger partial charge in [-0.1, -0.05) is 251 Å². The molecule has 0 fully saturated rings. The van der Waals surface area contributed by atoms with E-state index >= 15 is 0 Å². The first-order valence-electron chi connectivity index (χ1n) is 30.0. The Hall–Kier alpha value is -4.19. The average molecular weight is 1010 g/mol. The minimum absolute atomic E-state index is 0.0982. The van der Waals surface area contributed by atoms with Crippen molar-refractivity contribution in [3.63, 3.8) is 0 Å². The Balaban J connectivity index is 4.43. The van der Waals surface area contributed by atoms with Gasteiger partial charge >= 0.3 is 17.9 Å². The van der Waals surface area contributed by atoms with Gasteiger partial charge in [0.05, 0.1) is 0 Å². The molecule has 0 radical (unpaired) electrons. The van der Waals surface area contributed by atoms with Gasteiger partial charge in [0.15, 0.2) is 6.10 Å². The molecule has 0 rings (SSSR count). The Morgan fingerprint density at radius 3 is 0.877 bits per heavy atom. The number of ether oxygens (including phenoxy) is 3. The zero-order chi connectivity index (χ0) is 52.9. The Morgan fingerprint density at radius 1 is 0.288 bits per heavy atom. The van der Waals surface area contributed by atoms with Crippen LogP contribution in [0.2, 0.25) is 0 Å². The summed E-state index contributed by atoms with van der Waals surface area (Å²) in [5.41, 5.74) is 0. The molecule has 0 bridgehead atoms. The maximum absolute atomic E-state index is 12.9. The fraction of sp³-hybridized carbons (Fsp3) is 0.657. The lowest BCUT2D eigenvalue weighted by molar-refractivity contribution is -0.167. The number of esters is 3. The molecule has 0 aliphatic rings. The van der Waals surface area contributed by atoms with E-state index in [4.69, 9.17) is 14.2 Å². The molecule has 0 saturated carbocycles. The molecular formula is C67H110O6. The third kappa shape index (κ3) is 58.6. The quantitative estimate of drug-likeness (QED) is 0.0261. The van der Waals surface area contributed by atoms with E-state index in [-0.39, 0.29) is 31.1 Å². The van der Waals surface area contributed by atoms with Crippen molar-refractivity contribution in [1.82, 2.24) is 0 Å².